The Balaban J connectivity index is 1.52. The molecule has 2 aromatic carbocycles. The maximum atomic E-state index is 12.2. The summed E-state index contributed by atoms with van der Waals surface area (Å²) in [6.07, 6.45) is 0.459. The van der Waals surface area contributed by atoms with Crippen molar-refractivity contribution in [3.05, 3.63) is 53.6 Å². The van der Waals surface area contributed by atoms with E-state index in [1.807, 2.05) is 32.0 Å². The van der Waals surface area contributed by atoms with Crippen molar-refractivity contribution >= 4 is 11.7 Å². The van der Waals surface area contributed by atoms with Crippen LogP contribution in [0.4, 0.5) is 0 Å². The number of hydrogen-bond donors (Lipinski definition) is 1. The van der Waals surface area contributed by atoms with E-state index in [1.165, 1.54) is 0 Å². The van der Waals surface area contributed by atoms with E-state index in [-0.39, 0.29) is 24.3 Å². The van der Waals surface area contributed by atoms with E-state index in [1.54, 1.807) is 24.3 Å². The van der Waals surface area contributed by atoms with Gasteiger partial charge in [-0.25, -0.2) is 0 Å². The normalized spacial score (nSPS) is 13.6. The summed E-state index contributed by atoms with van der Waals surface area (Å²) in [6.45, 7) is 4.68. The Bertz CT molecular complexity index is 816. The first-order valence-corrected chi connectivity index (χ1v) is 9.01. The Kier molecular flexibility index (Phi) is 5.96. The second kappa shape index (κ2) is 8.58. The zero-order valence-corrected chi connectivity index (χ0v) is 15.5. The highest BCUT2D eigenvalue weighted by atomic mass is 16.6. The molecule has 3 rings (SSSR count). The summed E-state index contributed by atoms with van der Waals surface area (Å²) in [6, 6.07) is 12.2. The van der Waals surface area contributed by atoms with Gasteiger partial charge in [0.05, 0.1) is 6.04 Å². The largest absolute Gasteiger partial charge is 0.486 e. The number of ether oxygens (including phenoxy) is 3. The zero-order valence-electron chi connectivity index (χ0n) is 15.5. The molecule has 0 unspecified atom stereocenters. The molecule has 142 valence electrons. The third-order valence-corrected chi connectivity index (χ3v) is 4.31. The molecule has 0 spiro atoms. The highest BCUT2D eigenvalue weighted by Gasteiger charge is 2.16. The van der Waals surface area contributed by atoms with Gasteiger partial charge in [-0.2, -0.15) is 0 Å². The molecule has 6 nitrogen and oxygen atoms in total. The molecule has 2 aromatic rings. The van der Waals surface area contributed by atoms with Gasteiger partial charge in [0.15, 0.2) is 23.9 Å². The van der Waals surface area contributed by atoms with Crippen LogP contribution in [0, 0.1) is 0 Å². The van der Waals surface area contributed by atoms with Gasteiger partial charge in [-0.3, -0.25) is 9.59 Å². The van der Waals surface area contributed by atoms with Crippen LogP contribution < -0.4 is 19.5 Å². The van der Waals surface area contributed by atoms with Crippen molar-refractivity contribution in [3.63, 3.8) is 0 Å². The fourth-order valence-electron chi connectivity index (χ4n) is 2.79. The van der Waals surface area contributed by atoms with Gasteiger partial charge < -0.3 is 19.5 Å². The average Bonchev–Trinajstić information content (AvgIpc) is 2.71. The standard InChI is InChI=1S/C21H23NO5/c1-3-18(23)15-4-7-17(8-5-15)27-13-21(24)22-14(2)16-6-9-19-20(12-16)26-11-10-25-19/h4-9,12,14H,3,10-11,13H2,1-2H3,(H,22,24)/t14-/m0/s1. The number of amides is 1. The molecule has 1 atom stereocenters. The molecular weight excluding hydrogens is 346 g/mol. The number of hydrogen-bond acceptors (Lipinski definition) is 5. The second-order valence-corrected chi connectivity index (χ2v) is 6.28. The maximum absolute atomic E-state index is 12.2. The molecule has 0 radical (unpaired) electrons. The molecule has 1 aliphatic rings. The van der Waals surface area contributed by atoms with Crippen molar-refractivity contribution in [1.29, 1.82) is 0 Å². The second-order valence-electron chi connectivity index (χ2n) is 6.28. The third kappa shape index (κ3) is 4.78. The van der Waals surface area contributed by atoms with Crippen LogP contribution in [-0.2, 0) is 4.79 Å². The molecule has 0 bridgehead atoms. The van der Waals surface area contributed by atoms with Crippen molar-refractivity contribution in [2.75, 3.05) is 19.8 Å². The number of nitrogens with one attached hydrogen (secondary N) is 1. The van der Waals surface area contributed by atoms with Crippen molar-refractivity contribution in [2.45, 2.75) is 26.3 Å². The number of rotatable bonds is 7. The number of benzene rings is 2. The molecule has 0 saturated carbocycles. The molecule has 6 heteroatoms. The van der Waals surface area contributed by atoms with Crippen molar-refractivity contribution in [2.24, 2.45) is 0 Å². The fraction of sp³-hybridized carbons (Fsp3) is 0.333. The van der Waals surface area contributed by atoms with Crippen LogP contribution in [0.1, 0.15) is 42.2 Å². The summed E-state index contributed by atoms with van der Waals surface area (Å²) in [5.74, 6) is 1.80. The van der Waals surface area contributed by atoms with Gasteiger partial charge in [0.25, 0.3) is 5.91 Å². The lowest BCUT2D eigenvalue weighted by atomic mass is 10.1. The smallest absolute Gasteiger partial charge is 0.258 e. The number of Topliss-reactive ketones (excluding diaryl/α,β-unsaturated/α-hetero) is 1. The summed E-state index contributed by atoms with van der Waals surface area (Å²) in [4.78, 5) is 23.8. The van der Waals surface area contributed by atoms with E-state index in [0.717, 1.165) is 11.3 Å². The van der Waals surface area contributed by atoms with E-state index in [0.29, 0.717) is 36.7 Å². The first kappa shape index (κ1) is 18.8. The van der Waals surface area contributed by atoms with Crippen molar-refractivity contribution in [3.8, 4) is 17.2 Å². The number of carbonyl (C=O) groups is 2. The summed E-state index contributed by atoms with van der Waals surface area (Å²) < 4.78 is 16.6. The Labute approximate surface area is 158 Å². The van der Waals surface area contributed by atoms with E-state index in [9.17, 15) is 9.59 Å². The Morgan fingerprint density at radius 2 is 1.78 bits per heavy atom. The summed E-state index contributed by atoms with van der Waals surface area (Å²) in [5.41, 5.74) is 1.57. The minimum Gasteiger partial charge on any atom is -0.486 e. The molecule has 1 amide bonds. The lowest BCUT2D eigenvalue weighted by Gasteiger charge is -2.21. The Morgan fingerprint density at radius 3 is 2.48 bits per heavy atom. The van der Waals surface area contributed by atoms with E-state index >= 15 is 0 Å². The quantitative estimate of drug-likeness (QED) is 0.758. The fourth-order valence-corrected chi connectivity index (χ4v) is 2.79. The highest BCUT2D eigenvalue weighted by Crippen LogP contribution is 2.32. The summed E-state index contributed by atoms with van der Waals surface area (Å²) >= 11 is 0. The van der Waals surface area contributed by atoms with Gasteiger partial charge in [0.2, 0.25) is 0 Å². The van der Waals surface area contributed by atoms with E-state index in [2.05, 4.69) is 5.32 Å². The molecule has 1 N–H and O–H groups in total. The predicted molar refractivity (Wildman–Crippen MR) is 101 cm³/mol. The van der Waals surface area contributed by atoms with Gasteiger partial charge in [-0.05, 0) is 48.9 Å². The van der Waals surface area contributed by atoms with Crippen molar-refractivity contribution in [1.82, 2.24) is 5.32 Å². The molecule has 0 saturated heterocycles. The van der Waals surface area contributed by atoms with Gasteiger partial charge in [0, 0.05) is 12.0 Å². The van der Waals surface area contributed by atoms with Gasteiger partial charge in [-0.1, -0.05) is 13.0 Å². The number of carbonyl (C=O) groups excluding carboxylic acids is 2. The van der Waals surface area contributed by atoms with Gasteiger partial charge in [0.1, 0.15) is 19.0 Å². The Morgan fingerprint density at radius 1 is 1.07 bits per heavy atom. The predicted octanol–water partition coefficient (Wildman–Crippen LogP) is 3.31. The molecule has 0 aromatic heterocycles. The van der Waals surface area contributed by atoms with Gasteiger partial charge >= 0.3 is 0 Å². The monoisotopic (exact) mass is 369 g/mol. The number of fused-ring (bicyclic) bond motifs is 1. The molecule has 0 fully saturated rings. The van der Waals surface area contributed by atoms with E-state index < -0.39 is 0 Å². The van der Waals surface area contributed by atoms with Crippen LogP contribution >= 0.6 is 0 Å². The lowest BCUT2D eigenvalue weighted by Crippen LogP contribution is -2.31. The minimum atomic E-state index is -0.230. The SMILES string of the molecule is CCC(=O)c1ccc(OCC(=O)N[C@@H](C)c2ccc3c(c2)OCCO3)cc1. The molecular formula is C21H23NO5. The maximum Gasteiger partial charge on any atom is 0.258 e. The lowest BCUT2D eigenvalue weighted by molar-refractivity contribution is -0.123. The van der Waals surface area contributed by atoms with Crippen LogP contribution in [0.25, 0.3) is 0 Å². The van der Waals surface area contributed by atoms with Crippen LogP contribution in [-0.4, -0.2) is 31.5 Å². The van der Waals surface area contributed by atoms with E-state index in [4.69, 9.17) is 14.2 Å². The average molecular weight is 369 g/mol. The molecule has 0 aliphatic carbocycles. The first-order chi connectivity index (χ1) is 13.1. The Hall–Kier alpha value is -3.02. The highest BCUT2D eigenvalue weighted by molar-refractivity contribution is 5.95. The molecule has 27 heavy (non-hydrogen) atoms. The number of ketones is 1. The topological polar surface area (TPSA) is 73.9 Å². The van der Waals surface area contributed by atoms with Crippen LogP contribution in [0.5, 0.6) is 17.2 Å². The van der Waals surface area contributed by atoms with Crippen LogP contribution in [0.15, 0.2) is 42.5 Å². The third-order valence-electron chi connectivity index (χ3n) is 4.31. The van der Waals surface area contributed by atoms with Crippen molar-refractivity contribution < 1.29 is 23.8 Å². The van der Waals surface area contributed by atoms with Crippen LogP contribution in [0.3, 0.4) is 0 Å². The minimum absolute atomic E-state index is 0.0764. The summed E-state index contributed by atoms with van der Waals surface area (Å²) in [5, 5.41) is 2.90. The molecule has 1 heterocycles. The first-order valence-electron chi connectivity index (χ1n) is 9.01. The molecule has 1 aliphatic heterocycles. The summed E-state index contributed by atoms with van der Waals surface area (Å²) in [7, 11) is 0. The van der Waals surface area contributed by atoms with Crippen LogP contribution in [0.2, 0.25) is 0 Å². The zero-order chi connectivity index (χ0) is 19.2. The van der Waals surface area contributed by atoms with Gasteiger partial charge in [-0.15, -0.1) is 0 Å².